The molecule has 0 spiro atoms. The van der Waals surface area contributed by atoms with Crippen molar-refractivity contribution in [2.24, 2.45) is 53.3 Å². The molecule has 9 aliphatic rings. The fourth-order valence-electron chi connectivity index (χ4n) is 12.2. The van der Waals surface area contributed by atoms with Crippen molar-refractivity contribution < 1.29 is 15.3 Å². The SMILES string of the molecule is CC1CCC2C3NC(NC4NC(NC5NC(NC6NC(N3)C3CC(O)CCC63)C3CC(O)CCC53)C3CC(O)CCC43)C2C1. The van der Waals surface area contributed by atoms with Gasteiger partial charge in [0, 0.05) is 0 Å². The largest absolute Gasteiger partial charge is 0.393 e. The van der Waals surface area contributed by atoms with Crippen LogP contribution in [0.2, 0.25) is 0 Å². The third-order valence-electron chi connectivity index (χ3n) is 14.3. The van der Waals surface area contributed by atoms with Crippen LogP contribution in [0.4, 0.5) is 0 Å². The van der Waals surface area contributed by atoms with E-state index in [9.17, 15) is 15.3 Å². The molecule has 5 heterocycles. The predicted octanol–water partition coefficient (Wildman–Crippen LogP) is -0.236. The van der Waals surface area contributed by atoms with Gasteiger partial charge < -0.3 is 15.3 Å². The fraction of sp³-hybridized carbons (Fsp3) is 1.00. The lowest BCUT2D eigenvalue weighted by molar-refractivity contribution is 0.0505. The number of fused-ring (bicyclic) bond motifs is 20. The van der Waals surface area contributed by atoms with Crippen molar-refractivity contribution in [3.05, 3.63) is 0 Å². The molecule has 20 unspecified atom stereocenters. The lowest BCUT2D eigenvalue weighted by Crippen LogP contribution is -2.61. The van der Waals surface area contributed by atoms with Gasteiger partial charge in [0.25, 0.3) is 0 Å². The molecule has 0 aromatic carbocycles. The average Bonchev–Trinajstić information content (AvgIpc) is 3.71. The molecule has 0 aromatic heterocycles. The Balaban J connectivity index is 1.06. The predicted molar refractivity (Wildman–Crippen MR) is 166 cm³/mol. The van der Waals surface area contributed by atoms with Crippen molar-refractivity contribution in [2.45, 2.75) is 152 Å². The lowest BCUT2D eigenvalue weighted by atomic mass is 9.73. The molecule has 0 aromatic rings. The summed E-state index contributed by atoms with van der Waals surface area (Å²) in [5.41, 5.74) is 0. The lowest BCUT2D eigenvalue weighted by Gasteiger charge is -2.37. The number of aliphatic hydroxyl groups is 3. The minimum Gasteiger partial charge on any atom is -0.393 e. The quantitative estimate of drug-likeness (QED) is 0.175. The van der Waals surface area contributed by atoms with E-state index >= 15 is 0 Å². The zero-order valence-corrected chi connectivity index (χ0v) is 26.4. The van der Waals surface area contributed by atoms with Gasteiger partial charge >= 0.3 is 0 Å². The summed E-state index contributed by atoms with van der Waals surface area (Å²) < 4.78 is 0. The van der Waals surface area contributed by atoms with Crippen molar-refractivity contribution in [3.8, 4) is 0 Å². The highest BCUT2D eigenvalue weighted by molar-refractivity contribution is 5.09. The van der Waals surface area contributed by atoms with Gasteiger partial charge in [0.1, 0.15) is 0 Å². The first-order valence-electron chi connectivity index (χ1n) is 18.5. The number of nitrogens with one attached hydrogen (secondary N) is 8. The first-order valence-corrected chi connectivity index (χ1v) is 18.5. The summed E-state index contributed by atoms with van der Waals surface area (Å²) in [4.78, 5) is 0. The maximum absolute atomic E-state index is 10.8. The average molecular weight is 615 g/mol. The normalized spacial score (nSPS) is 60.3. The molecule has 5 saturated heterocycles. The highest BCUT2D eigenvalue weighted by Gasteiger charge is 2.55. The Labute approximate surface area is 262 Å². The summed E-state index contributed by atoms with van der Waals surface area (Å²) in [6.45, 7) is 2.43. The van der Waals surface area contributed by atoms with Gasteiger partial charge in [-0.3, -0.25) is 42.5 Å². The first-order chi connectivity index (χ1) is 21.4. The summed E-state index contributed by atoms with van der Waals surface area (Å²) in [6, 6.07) is 0. The van der Waals surface area contributed by atoms with E-state index in [0.717, 1.165) is 63.7 Å². The topological polar surface area (TPSA) is 157 Å². The van der Waals surface area contributed by atoms with Crippen LogP contribution in [-0.2, 0) is 0 Å². The van der Waals surface area contributed by atoms with Gasteiger partial charge in [-0.1, -0.05) is 13.3 Å². The molecule has 11 nitrogen and oxygen atoms in total. The van der Waals surface area contributed by atoms with Crippen LogP contribution in [-0.4, -0.2) is 83.0 Å². The van der Waals surface area contributed by atoms with Crippen molar-refractivity contribution >= 4 is 0 Å². The Kier molecular flexibility index (Phi) is 7.83. The summed E-state index contributed by atoms with van der Waals surface area (Å²) in [5, 5.41) is 65.0. The van der Waals surface area contributed by atoms with E-state index in [1.807, 2.05) is 0 Å². The molecule has 0 radical (unpaired) electrons. The second-order valence-electron chi connectivity index (χ2n) is 16.8. The van der Waals surface area contributed by atoms with Crippen LogP contribution < -0.4 is 42.5 Å². The summed E-state index contributed by atoms with van der Waals surface area (Å²) in [6.07, 6.45) is 12.8. The Morgan fingerprint density at radius 3 is 0.886 bits per heavy atom. The Hall–Kier alpha value is -0.440. The van der Waals surface area contributed by atoms with Gasteiger partial charge in [0.15, 0.2) is 0 Å². The number of rotatable bonds is 0. The van der Waals surface area contributed by atoms with Crippen LogP contribution in [0.3, 0.4) is 0 Å². The highest BCUT2D eigenvalue weighted by atomic mass is 16.3. The minimum absolute atomic E-state index is 0.116. The maximum atomic E-state index is 10.8. The molecule has 4 aliphatic carbocycles. The zero-order valence-electron chi connectivity index (χ0n) is 26.4. The van der Waals surface area contributed by atoms with Crippen molar-refractivity contribution in [3.63, 3.8) is 0 Å². The summed E-state index contributed by atoms with van der Waals surface area (Å²) >= 11 is 0. The summed E-state index contributed by atoms with van der Waals surface area (Å²) in [7, 11) is 0. The van der Waals surface area contributed by atoms with Crippen LogP contribution >= 0.6 is 0 Å². The molecule has 5 aliphatic heterocycles. The van der Waals surface area contributed by atoms with Gasteiger partial charge in [0.2, 0.25) is 0 Å². The molecule has 44 heavy (non-hydrogen) atoms. The van der Waals surface area contributed by atoms with Crippen molar-refractivity contribution in [1.82, 2.24) is 42.5 Å². The van der Waals surface area contributed by atoms with Crippen LogP contribution in [0.5, 0.6) is 0 Å². The molecule has 248 valence electrons. The molecule has 20 atom stereocenters. The second kappa shape index (κ2) is 11.6. The van der Waals surface area contributed by atoms with Gasteiger partial charge in [-0.25, -0.2) is 0 Å². The monoisotopic (exact) mass is 614 g/mol. The molecular formula is C33H58N8O3. The number of aliphatic hydroxyl groups excluding tert-OH is 3. The molecule has 11 heteroatoms. The van der Waals surface area contributed by atoms with Crippen LogP contribution in [0.1, 0.15) is 84.0 Å². The van der Waals surface area contributed by atoms with E-state index in [-0.39, 0.29) is 67.6 Å². The number of hydrogen-bond acceptors (Lipinski definition) is 11. The minimum atomic E-state index is -0.234. The Morgan fingerprint density at radius 1 is 0.318 bits per heavy atom. The first kappa shape index (κ1) is 29.7. The van der Waals surface area contributed by atoms with Crippen LogP contribution in [0, 0.1) is 53.3 Å². The Bertz CT molecular complexity index is 897. The molecule has 0 amide bonds. The maximum Gasteiger partial charge on any atom is 0.0629 e. The van der Waals surface area contributed by atoms with Gasteiger partial charge in [-0.15, -0.1) is 0 Å². The molecule has 11 N–H and O–H groups in total. The third kappa shape index (κ3) is 5.12. The van der Waals surface area contributed by atoms with E-state index in [1.165, 1.54) is 19.3 Å². The van der Waals surface area contributed by atoms with Crippen molar-refractivity contribution in [2.75, 3.05) is 0 Å². The van der Waals surface area contributed by atoms with Crippen LogP contribution in [0.15, 0.2) is 0 Å². The van der Waals surface area contributed by atoms with E-state index in [0.29, 0.717) is 47.3 Å². The summed E-state index contributed by atoms with van der Waals surface area (Å²) in [5.74, 6) is 4.46. The Morgan fingerprint density at radius 2 is 0.568 bits per heavy atom. The molecular weight excluding hydrogens is 556 g/mol. The molecule has 8 bridgehead atoms. The second-order valence-corrected chi connectivity index (χ2v) is 16.8. The fourth-order valence-corrected chi connectivity index (χ4v) is 12.2. The zero-order chi connectivity index (χ0) is 29.7. The van der Waals surface area contributed by atoms with Crippen molar-refractivity contribution in [1.29, 1.82) is 0 Å². The third-order valence-corrected chi connectivity index (χ3v) is 14.3. The molecule has 9 rings (SSSR count). The molecule has 9 fully saturated rings. The van der Waals surface area contributed by atoms with Crippen LogP contribution in [0.25, 0.3) is 0 Å². The number of hydrogen-bond donors (Lipinski definition) is 11. The van der Waals surface area contributed by atoms with Gasteiger partial charge in [-0.2, -0.15) is 0 Å². The smallest absolute Gasteiger partial charge is 0.0629 e. The van der Waals surface area contributed by atoms with E-state index < -0.39 is 0 Å². The molecule has 4 saturated carbocycles. The van der Waals surface area contributed by atoms with Gasteiger partial charge in [0.05, 0.1) is 67.6 Å². The van der Waals surface area contributed by atoms with E-state index in [1.54, 1.807) is 0 Å². The highest BCUT2D eigenvalue weighted by Crippen LogP contribution is 2.46. The van der Waals surface area contributed by atoms with E-state index in [4.69, 9.17) is 0 Å². The van der Waals surface area contributed by atoms with E-state index in [2.05, 4.69) is 49.5 Å². The standard InChI is InChI=1S/C33H58N8O3/c1-14-2-6-18-22(10-14)30-34-26(18)36-31-24-12-16(43)4-8-20(24)28(38-31)40-33-25-13-17(44)5-9-21(25)29(41-33)39-32-23-11-15(42)3-7-19(23)27(35-30)37-32/h14-44H,2-13H2,1H3. The van der Waals surface area contributed by atoms with Gasteiger partial charge in [-0.05, 0) is 124 Å².